The number of rotatable bonds is 1. The number of carbonyl (C=O) groups excluding carboxylic acids is 2. The van der Waals surface area contributed by atoms with E-state index in [1.54, 1.807) is 0 Å². The molecular formula is C11H15NO3. The summed E-state index contributed by atoms with van der Waals surface area (Å²) in [7, 11) is 0. The lowest BCUT2D eigenvalue weighted by molar-refractivity contribution is -0.132. The molecule has 82 valence electrons. The van der Waals surface area contributed by atoms with Crippen molar-refractivity contribution in [2.45, 2.75) is 25.7 Å². The molecule has 1 saturated carbocycles. The molecule has 1 atom stereocenters. The number of nitrogens with zero attached hydrogens (tertiary/aromatic N) is 1. The highest BCUT2D eigenvalue weighted by Gasteiger charge is 2.34. The number of hydrogen-bond donors (Lipinski definition) is 0. The molecule has 0 aromatic rings. The van der Waals surface area contributed by atoms with E-state index in [2.05, 4.69) is 6.58 Å². The quantitative estimate of drug-likeness (QED) is 0.618. The number of cyclic esters (lactones) is 1. The van der Waals surface area contributed by atoms with Gasteiger partial charge < -0.3 is 4.74 Å². The van der Waals surface area contributed by atoms with Gasteiger partial charge in [0.2, 0.25) is 5.91 Å². The van der Waals surface area contributed by atoms with Gasteiger partial charge in [-0.25, -0.2) is 9.69 Å². The zero-order valence-corrected chi connectivity index (χ0v) is 8.70. The van der Waals surface area contributed by atoms with E-state index in [9.17, 15) is 9.59 Å². The van der Waals surface area contributed by atoms with Crippen molar-refractivity contribution >= 4 is 12.0 Å². The number of amides is 2. The van der Waals surface area contributed by atoms with Gasteiger partial charge in [-0.1, -0.05) is 12.2 Å². The van der Waals surface area contributed by atoms with E-state index in [1.807, 2.05) is 0 Å². The van der Waals surface area contributed by atoms with Gasteiger partial charge in [0.15, 0.2) is 0 Å². The largest absolute Gasteiger partial charge is 0.447 e. The van der Waals surface area contributed by atoms with Crippen LogP contribution in [-0.2, 0) is 9.53 Å². The van der Waals surface area contributed by atoms with E-state index >= 15 is 0 Å². The third kappa shape index (κ3) is 2.03. The average Bonchev–Trinajstić information content (AvgIpc) is 2.63. The van der Waals surface area contributed by atoms with E-state index in [4.69, 9.17) is 4.74 Å². The molecule has 2 rings (SSSR count). The Bertz CT molecular complexity index is 311. The number of imide groups is 1. The maximum absolute atomic E-state index is 11.9. The Morgan fingerprint density at radius 1 is 1.53 bits per heavy atom. The summed E-state index contributed by atoms with van der Waals surface area (Å²) in [5, 5.41) is 0. The molecule has 15 heavy (non-hydrogen) atoms. The number of allylic oxidation sites excluding steroid dienone is 1. The van der Waals surface area contributed by atoms with Crippen LogP contribution in [0.3, 0.4) is 0 Å². The summed E-state index contributed by atoms with van der Waals surface area (Å²) >= 11 is 0. The standard InChI is InChI=1S/C11H15NO3/c1-8-3-2-4-9(7-8)10(13)12-5-6-15-11(12)14/h9H,1-7H2/t9-/m1/s1. The zero-order chi connectivity index (χ0) is 10.8. The molecule has 1 saturated heterocycles. The Morgan fingerprint density at radius 2 is 2.33 bits per heavy atom. The Kier molecular flexibility index (Phi) is 2.75. The minimum absolute atomic E-state index is 0.0584. The summed E-state index contributed by atoms with van der Waals surface area (Å²) in [5.41, 5.74) is 1.12. The van der Waals surface area contributed by atoms with Crippen LogP contribution in [0.5, 0.6) is 0 Å². The molecule has 4 heteroatoms. The van der Waals surface area contributed by atoms with Crippen molar-refractivity contribution in [3.63, 3.8) is 0 Å². The lowest BCUT2D eigenvalue weighted by atomic mass is 9.85. The van der Waals surface area contributed by atoms with Gasteiger partial charge >= 0.3 is 6.09 Å². The minimum atomic E-state index is -0.490. The fourth-order valence-corrected chi connectivity index (χ4v) is 2.18. The van der Waals surface area contributed by atoms with Gasteiger partial charge in [-0.15, -0.1) is 0 Å². The van der Waals surface area contributed by atoms with E-state index in [0.717, 1.165) is 31.3 Å². The van der Waals surface area contributed by atoms with Gasteiger partial charge in [-0.3, -0.25) is 4.79 Å². The van der Waals surface area contributed by atoms with E-state index in [1.165, 1.54) is 4.90 Å². The first-order valence-corrected chi connectivity index (χ1v) is 5.33. The van der Waals surface area contributed by atoms with Crippen LogP contribution in [0.15, 0.2) is 12.2 Å². The molecule has 0 aromatic heterocycles. The fourth-order valence-electron chi connectivity index (χ4n) is 2.18. The first-order valence-electron chi connectivity index (χ1n) is 5.33. The van der Waals surface area contributed by atoms with Crippen molar-refractivity contribution in [1.29, 1.82) is 0 Å². The second kappa shape index (κ2) is 4.04. The van der Waals surface area contributed by atoms with Crippen LogP contribution in [0.2, 0.25) is 0 Å². The third-order valence-electron chi connectivity index (χ3n) is 2.99. The van der Waals surface area contributed by atoms with Gasteiger partial charge in [0, 0.05) is 5.92 Å². The summed E-state index contributed by atoms with van der Waals surface area (Å²) in [4.78, 5) is 24.4. The molecule has 1 heterocycles. The number of hydrogen-bond acceptors (Lipinski definition) is 3. The van der Waals surface area contributed by atoms with Gasteiger partial charge in [0.05, 0.1) is 6.54 Å². The predicted molar refractivity (Wildman–Crippen MR) is 54.2 cm³/mol. The lowest BCUT2D eigenvalue weighted by Crippen LogP contribution is -2.37. The van der Waals surface area contributed by atoms with Crippen LogP contribution >= 0.6 is 0 Å². The summed E-state index contributed by atoms with van der Waals surface area (Å²) in [6, 6.07) is 0. The maximum Gasteiger partial charge on any atom is 0.416 e. The molecule has 0 spiro atoms. The lowest BCUT2D eigenvalue weighted by Gasteiger charge is -2.24. The van der Waals surface area contributed by atoms with Crippen molar-refractivity contribution < 1.29 is 14.3 Å². The molecule has 0 unspecified atom stereocenters. The molecule has 0 N–H and O–H groups in total. The molecule has 1 aliphatic heterocycles. The molecule has 0 radical (unpaired) electrons. The smallest absolute Gasteiger partial charge is 0.416 e. The van der Waals surface area contributed by atoms with E-state index in [-0.39, 0.29) is 11.8 Å². The van der Waals surface area contributed by atoms with Gasteiger partial charge in [-0.05, 0) is 25.7 Å². The van der Waals surface area contributed by atoms with Crippen molar-refractivity contribution in [1.82, 2.24) is 4.90 Å². The molecule has 2 aliphatic rings. The number of ether oxygens (including phenoxy) is 1. The van der Waals surface area contributed by atoms with Crippen LogP contribution in [0.25, 0.3) is 0 Å². The molecule has 0 bridgehead atoms. The zero-order valence-electron chi connectivity index (χ0n) is 8.70. The Hall–Kier alpha value is -1.32. The Labute approximate surface area is 88.9 Å². The van der Waals surface area contributed by atoms with Gasteiger partial charge in [0.25, 0.3) is 0 Å². The molecule has 4 nitrogen and oxygen atoms in total. The molecule has 2 fully saturated rings. The summed E-state index contributed by atoms with van der Waals surface area (Å²) < 4.78 is 4.75. The van der Waals surface area contributed by atoms with Crippen molar-refractivity contribution in [2.75, 3.05) is 13.2 Å². The Balaban J connectivity index is 2.00. The molecular weight excluding hydrogens is 194 g/mol. The Morgan fingerprint density at radius 3 is 2.93 bits per heavy atom. The normalized spacial score (nSPS) is 26.7. The van der Waals surface area contributed by atoms with E-state index in [0.29, 0.717) is 13.2 Å². The second-order valence-electron chi connectivity index (χ2n) is 4.15. The van der Waals surface area contributed by atoms with Crippen LogP contribution in [-0.4, -0.2) is 30.1 Å². The molecule has 0 aromatic carbocycles. The summed E-state index contributed by atoms with van der Waals surface area (Å²) in [5.74, 6) is -0.143. The monoisotopic (exact) mass is 209 g/mol. The summed E-state index contributed by atoms with van der Waals surface area (Å²) in [6.07, 6.45) is 3.10. The van der Waals surface area contributed by atoms with Crippen LogP contribution in [0.1, 0.15) is 25.7 Å². The maximum atomic E-state index is 11.9. The van der Waals surface area contributed by atoms with Gasteiger partial charge in [-0.2, -0.15) is 0 Å². The van der Waals surface area contributed by atoms with Crippen molar-refractivity contribution in [3.05, 3.63) is 12.2 Å². The first-order chi connectivity index (χ1) is 7.18. The SMILES string of the molecule is C=C1CCC[C@@H](C(=O)N2CCOC2=O)C1. The molecule has 2 amide bonds. The van der Waals surface area contributed by atoms with Crippen LogP contribution in [0.4, 0.5) is 4.79 Å². The predicted octanol–water partition coefficient (Wildman–Crippen LogP) is 1.71. The second-order valence-corrected chi connectivity index (χ2v) is 4.15. The fraction of sp³-hybridized carbons (Fsp3) is 0.636. The molecule has 1 aliphatic carbocycles. The van der Waals surface area contributed by atoms with Crippen molar-refractivity contribution in [2.24, 2.45) is 5.92 Å². The first kappa shape index (κ1) is 10.2. The minimum Gasteiger partial charge on any atom is -0.447 e. The average molecular weight is 209 g/mol. The highest BCUT2D eigenvalue weighted by Crippen LogP contribution is 2.29. The van der Waals surface area contributed by atoms with Crippen LogP contribution < -0.4 is 0 Å². The highest BCUT2D eigenvalue weighted by atomic mass is 16.6. The van der Waals surface area contributed by atoms with Crippen molar-refractivity contribution in [3.8, 4) is 0 Å². The van der Waals surface area contributed by atoms with Crippen LogP contribution in [0, 0.1) is 5.92 Å². The number of carbonyl (C=O) groups is 2. The summed E-state index contributed by atoms with van der Waals surface area (Å²) in [6.45, 7) is 4.64. The van der Waals surface area contributed by atoms with E-state index < -0.39 is 6.09 Å². The third-order valence-corrected chi connectivity index (χ3v) is 2.99. The van der Waals surface area contributed by atoms with Gasteiger partial charge in [0.1, 0.15) is 6.61 Å². The topological polar surface area (TPSA) is 46.6 Å². The highest BCUT2D eigenvalue weighted by molar-refractivity contribution is 5.94.